The Hall–Kier alpha value is -0.790. The first kappa shape index (κ1) is 14.6. The number of pyridine rings is 1. The summed E-state index contributed by atoms with van der Waals surface area (Å²) in [5.74, 6) is 2.06. The van der Waals surface area contributed by atoms with Gasteiger partial charge in [-0.15, -0.1) is 0 Å². The molecule has 0 aliphatic carbocycles. The molecule has 0 bridgehead atoms. The third-order valence-corrected chi connectivity index (χ3v) is 5.77. The van der Waals surface area contributed by atoms with Gasteiger partial charge in [0.15, 0.2) is 9.84 Å². The van der Waals surface area contributed by atoms with Gasteiger partial charge in [0, 0.05) is 30.5 Å². The molecule has 1 N–H and O–H groups in total. The van der Waals surface area contributed by atoms with Crippen LogP contribution in [0, 0.1) is 0 Å². The summed E-state index contributed by atoms with van der Waals surface area (Å²) in [6.07, 6.45) is 2.28. The average molecular weight is 302 g/mol. The fourth-order valence-electron chi connectivity index (χ4n) is 2.05. The summed E-state index contributed by atoms with van der Waals surface area (Å²) in [4.78, 5) is 6.07. The summed E-state index contributed by atoms with van der Waals surface area (Å²) in [5.41, 5.74) is 0.746. The van der Waals surface area contributed by atoms with E-state index >= 15 is 0 Å². The van der Waals surface area contributed by atoms with Gasteiger partial charge in [-0.05, 0) is 24.6 Å². The van der Waals surface area contributed by atoms with Gasteiger partial charge in [0.1, 0.15) is 11.2 Å². The molecule has 1 aromatic rings. The van der Waals surface area contributed by atoms with Crippen molar-refractivity contribution in [2.45, 2.75) is 18.4 Å². The standard InChI is InChI=1S/C12H18N2O3S2/c1-9(15)10-3-4-13-11(7-10)14-5-6-18-8-12(14)19(2,16)17/h3-4,7,9,12,15H,5-6,8H2,1-2H3/t9-,12?/m0/s1. The lowest BCUT2D eigenvalue weighted by molar-refractivity contribution is 0.199. The van der Waals surface area contributed by atoms with Gasteiger partial charge in [-0.25, -0.2) is 13.4 Å². The molecule has 0 aromatic carbocycles. The Balaban J connectivity index is 2.35. The highest BCUT2D eigenvalue weighted by atomic mass is 32.2. The quantitative estimate of drug-likeness (QED) is 0.900. The van der Waals surface area contributed by atoms with Gasteiger partial charge in [0.2, 0.25) is 0 Å². The third kappa shape index (κ3) is 3.40. The molecular weight excluding hydrogens is 284 g/mol. The molecule has 2 heterocycles. The molecule has 1 fully saturated rings. The van der Waals surface area contributed by atoms with E-state index in [1.165, 1.54) is 6.26 Å². The van der Waals surface area contributed by atoms with Gasteiger partial charge in [-0.2, -0.15) is 11.8 Å². The van der Waals surface area contributed by atoms with Crippen molar-refractivity contribution >= 4 is 27.4 Å². The number of aliphatic hydroxyl groups excluding tert-OH is 1. The molecule has 5 nitrogen and oxygen atoms in total. The number of aromatic nitrogens is 1. The molecule has 0 radical (unpaired) electrons. The van der Waals surface area contributed by atoms with Crippen molar-refractivity contribution in [3.8, 4) is 0 Å². The number of sulfone groups is 1. The summed E-state index contributed by atoms with van der Waals surface area (Å²) in [6, 6.07) is 3.50. The van der Waals surface area contributed by atoms with E-state index in [1.807, 2.05) is 4.90 Å². The molecule has 0 spiro atoms. The monoisotopic (exact) mass is 302 g/mol. The van der Waals surface area contributed by atoms with E-state index < -0.39 is 21.3 Å². The van der Waals surface area contributed by atoms with E-state index in [-0.39, 0.29) is 0 Å². The van der Waals surface area contributed by atoms with Gasteiger partial charge in [-0.1, -0.05) is 0 Å². The van der Waals surface area contributed by atoms with Crippen molar-refractivity contribution in [1.29, 1.82) is 0 Å². The summed E-state index contributed by atoms with van der Waals surface area (Å²) < 4.78 is 23.7. The molecule has 2 rings (SSSR count). The molecule has 0 saturated carbocycles. The van der Waals surface area contributed by atoms with Gasteiger partial charge in [-0.3, -0.25) is 0 Å². The van der Waals surface area contributed by atoms with Crippen molar-refractivity contribution in [3.05, 3.63) is 23.9 Å². The van der Waals surface area contributed by atoms with E-state index in [0.29, 0.717) is 18.1 Å². The Kier molecular flexibility index (Phi) is 4.37. The van der Waals surface area contributed by atoms with E-state index in [1.54, 1.807) is 37.0 Å². The van der Waals surface area contributed by atoms with Crippen LogP contribution in [0.15, 0.2) is 18.3 Å². The summed E-state index contributed by atoms with van der Waals surface area (Å²) >= 11 is 1.64. The molecule has 1 unspecified atom stereocenters. The second-order valence-corrected chi connectivity index (χ2v) is 8.03. The zero-order chi connectivity index (χ0) is 14.0. The zero-order valence-corrected chi connectivity index (χ0v) is 12.6. The number of anilines is 1. The molecule has 7 heteroatoms. The Bertz CT molecular complexity index is 546. The SMILES string of the molecule is C[C@H](O)c1ccnc(N2CCSCC2S(C)(=O)=O)c1. The minimum atomic E-state index is -3.15. The van der Waals surface area contributed by atoms with Gasteiger partial charge in [0.25, 0.3) is 0 Å². The van der Waals surface area contributed by atoms with Crippen molar-refractivity contribution in [2.75, 3.05) is 29.2 Å². The molecule has 19 heavy (non-hydrogen) atoms. The Labute approximate surface area is 118 Å². The van der Waals surface area contributed by atoms with Crippen LogP contribution < -0.4 is 4.90 Å². The molecule has 1 aliphatic rings. The van der Waals surface area contributed by atoms with Crippen LogP contribution in [0.3, 0.4) is 0 Å². The number of aliphatic hydroxyl groups is 1. The topological polar surface area (TPSA) is 70.5 Å². The van der Waals surface area contributed by atoms with Crippen LogP contribution in [-0.2, 0) is 9.84 Å². The van der Waals surface area contributed by atoms with Crippen LogP contribution in [0.2, 0.25) is 0 Å². The molecular formula is C12H18N2O3S2. The zero-order valence-electron chi connectivity index (χ0n) is 11.0. The van der Waals surface area contributed by atoms with E-state index in [0.717, 1.165) is 11.3 Å². The average Bonchev–Trinajstić information content (AvgIpc) is 2.38. The van der Waals surface area contributed by atoms with Crippen molar-refractivity contribution in [3.63, 3.8) is 0 Å². The number of nitrogens with zero attached hydrogens (tertiary/aromatic N) is 2. The highest BCUT2D eigenvalue weighted by molar-refractivity contribution is 8.01. The second kappa shape index (κ2) is 5.68. The predicted molar refractivity (Wildman–Crippen MR) is 78.2 cm³/mol. The molecule has 1 aliphatic heterocycles. The fraction of sp³-hybridized carbons (Fsp3) is 0.583. The minimum Gasteiger partial charge on any atom is -0.389 e. The smallest absolute Gasteiger partial charge is 0.169 e. The van der Waals surface area contributed by atoms with Gasteiger partial charge >= 0.3 is 0 Å². The fourth-order valence-corrected chi connectivity index (χ4v) is 4.88. The maximum absolute atomic E-state index is 11.9. The largest absolute Gasteiger partial charge is 0.389 e. The lowest BCUT2D eigenvalue weighted by Gasteiger charge is -2.35. The molecule has 1 saturated heterocycles. The lowest BCUT2D eigenvalue weighted by atomic mass is 10.1. The molecule has 2 atom stereocenters. The summed E-state index contributed by atoms with van der Waals surface area (Å²) in [6.45, 7) is 2.33. The first-order chi connectivity index (χ1) is 8.89. The van der Waals surface area contributed by atoms with Crippen LogP contribution in [0.5, 0.6) is 0 Å². The van der Waals surface area contributed by atoms with Crippen LogP contribution in [0.1, 0.15) is 18.6 Å². The number of rotatable bonds is 3. The van der Waals surface area contributed by atoms with Gasteiger partial charge in [0.05, 0.1) is 6.10 Å². The van der Waals surface area contributed by atoms with E-state index in [2.05, 4.69) is 4.98 Å². The minimum absolute atomic E-state index is 0.539. The normalized spacial score (nSPS) is 22.3. The van der Waals surface area contributed by atoms with Crippen LogP contribution in [0.25, 0.3) is 0 Å². The maximum atomic E-state index is 11.9. The number of hydrogen-bond donors (Lipinski definition) is 1. The van der Waals surface area contributed by atoms with Crippen LogP contribution in [0.4, 0.5) is 5.82 Å². The second-order valence-electron chi connectivity index (χ2n) is 4.68. The third-order valence-electron chi connectivity index (χ3n) is 3.13. The highest BCUT2D eigenvalue weighted by Crippen LogP contribution is 2.26. The highest BCUT2D eigenvalue weighted by Gasteiger charge is 2.31. The Morgan fingerprint density at radius 1 is 1.58 bits per heavy atom. The first-order valence-electron chi connectivity index (χ1n) is 6.07. The Morgan fingerprint density at radius 3 is 2.95 bits per heavy atom. The van der Waals surface area contributed by atoms with E-state index in [4.69, 9.17) is 0 Å². The van der Waals surface area contributed by atoms with Crippen molar-refractivity contribution in [2.24, 2.45) is 0 Å². The molecule has 0 amide bonds. The molecule has 106 valence electrons. The summed E-state index contributed by atoms with van der Waals surface area (Å²) in [7, 11) is -3.15. The predicted octanol–water partition coefficient (Wildman–Crippen LogP) is 1.06. The lowest BCUT2D eigenvalue weighted by Crippen LogP contribution is -2.47. The van der Waals surface area contributed by atoms with Crippen LogP contribution in [-0.4, -0.2) is 48.2 Å². The maximum Gasteiger partial charge on any atom is 0.169 e. The van der Waals surface area contributed by atoms with Crippen LogP contribution >= 0.6 is 11.8 Å². The first-order valence-corrected chi connectivity index (χ1v) is 9.18. The number of thioether (sulfide) groups is 1. The van der Waals surface area contributed by atoms with Gasteiger partial charge < -0.3 is 10.0 Å². The van der Waals surface area contributed by atoms with E-state index in [9.17, 15) is 13.5 Å². The van der Waals surface area contributed by atoms with Crippen molar-refractivity contribution in [1.82, 2.24) is 4.98 Å². The Morgan fingerprint density at radius 2 is 2.32 bits per heavy atom. The molecule has 1 aromatic heterocycles. The number of hydrogen-bond acceptors (Lipinski definition) is 6. The summed E-state index contributed by atoms with van der Waals surface area (Å²) in [5, 5.41) is 9.06. The van der Waals surface area contributed by atoms with Crippen molar-refractivity contribution < 1.29 is 13.5 Å².